The smallest absolute Gasteiger partial charge is 0.0824 e. The van der Waals surface area contributed by atoms with E-state index in [4.69, 9.17) is 0 Å². The minimum absolute atomic E-state index is 0.260. The third-order valence-electron chi connectivity index (χ3n) is 4.32. The van der Waals surface area contributed by atoms with E-state index in [0.29, 0.717) is 0 Å². The maximum Gasteiger partial charge on any atom is 0.0824 e. The summed E-state index contributed by atoms with van der Waals surface area (Å²) in [5.41, 5.74) is 4.56. The molecular formula is C16H19BrN2O. The zero-order valence-electron chi connectivity index (χ0n) is 11.8. The number of aromatic nitrogens is 2. The van der Waals surface area contributed by atoms with Gasteiger partial charge in [-0.05, 0) is 59.2 Å². The Kier molecular flexibility index (Phi) is 3.69. The fraction of sp³-hybridized carbons (Fsp3) is 0.438. The molecule has 0 radical (unpaired) electrons. The van der Waals surface area contributed by atoms with Crippen molar-refractivity contribution in [2.45, 2.75) is 32.3 Å². The third kappa shape index (κ3) is 2.31. The molecule has 2 aromatic rings. The first kappa shape index (κ1) is 13.8. The van der Waals surface area contributed by atoms with Crippen LogP contribution in [0.4, 0.5) is 0 Å². The molecule has 0 saturated carbocycles. The summed E-state index contributed by atoms with van der Waals surface area (Å²) in [6.45, 7) is 2.00. The van der Waals surface area contributed by atoms with Crippen molar-refractivity contribution in [3.05, 3.63) is 51.3 Å². The highest BCUT2D eigenvalue weighted by Gasteiger charge is 2.29. The average molecular weight is 335 g/mol. The Morgan fingerprint density at radius 2 is 2.15 bits per heavy atom. The summed E-state index contributed by atoms with van der Waals surface area (Å²) >= 11 is 3.61. The second-order valence-electron chi connectivity index (χ2n) is 5.62. The quantitative estimate of drug-likeness (QED) is 0.914. The van der Waals surface area contributed by atoms with E-state index < -0.39 is 0 Å². The molecule has 0 fully saturated rings. The van der Waals surface area contributed by atoms with Crippen molar-refractivity contribution in [1.82, 2.24) is 9.78 Å². The number of aliphatic hydroxyl groups excluding tert-OH is 1. The van der Waals surface area contributed by atoms with Crippen molar-refractivity contribution in [3.63, 3.8) is 0 Å². The van der Waals surface area contributed by atoms with Crippen LogP contribution in [0.2, 0.25) is 0 Å². The monoisotopic (exact) mass is 334 g/mol. The van der Waals surface area contributed by atoms with Crippen LogP contribution in [-0.4, -0.2) is 14.9 Å². The summed E-state index contributed by atoms with van der Waals surface area (Å²) in [5.74, 6) is 0.260. The van der Waals surface area contributed by atoms with Crippen LogP contribution in [0.3, 0.4) is 0 Å². The molecule has 0 spiro atoms. The van der Waals surface area contributed by atoms with E-state index in [0.717, 1.165) is 35.0 Å². The lowest BCUT2D eigenvalue weighted by Gasteiger charge is -2.30. The van der Waals surface area contributed by atoms with Gasteiger partial charge in [0.1, 0.15) is 0 Å². The van der Waals surface area contributed by atoms with E-state index >= 15 is 0 Å². The van der Waals surface area contributed by atoms with E-state index in [2.05, 4.69) is 33.2 Å². The highest BCUT2D eigenvalue weighted by Crippen LogP contribution is 2.37. The van der Waals surface area contributed by atoms with Crippen LogP contribution in [0.25, 0.3) is 0 Å². The van der Waals surface area contributed by atoms with Crippen LogP contribution in [0.15, 0.2) is 28.7 Å². The highest BCUT2D eigenvalue weighted by molar-refractivity contribution is 9.10. The predicted octanol–water partition coefficient (Wildman–Crippen LogP) is 3.33. The minimum atomic E-state index is -0.373. The van der Waals surface area contributed by atoms with E-state index in [9.17, 15) is 5.11 Å². The predicted molar refractivity (Wildman–Crippen MR) is 82.6 cm³/mol. The molecule has 2 atom stereocenters. The first-order valence-corrected chi connectivity index (χ1v) is 7.81. The van der Waals surface area contributed by atoms with E-state index in [1.54, 1.807) is 0 Å². The van der Waals surface area contributed by atoms with Crippen LogP contribution in [-0.2, 0) is 19.9 Å². The standard InChI is InChI=1S/C16H19BrN2O/c1-10-15(17)14(19(2)18-10)9-12-8-7-11-5-3-4-6-13(11)16(12)20/h3-6,12,16,20H,7-9H2,1-2H3. The molecule has 1 heterocycles. The number of aryl methyl sites for hydroxylation is 3. The van der Waals surface area contributed by atoms with Gasteiger partial charge in [-0.15, -0.1) is 0 Å². The zero-order chi connectivity index (χ0) is 14.3. The van der Waals surface area contributed by atoms with Gasteiger partial charge in [0.2, 0.25) is 0 Å². The number of nitrogens with zero attached hydrogens (tertiary/aromatic N) is 2. The van der Waals surface area contributed by atoms with Crippen LogP contribution in [0.1, 0.15) is 35.0 Å². The van der Waals surface area contributed by atoms with Gasteiger partial charge in [0.05, 0.1) is 22.0 Å². The molecule has 0 aliphatic heterocycles. The number of fused-ring (bicyclic) bond motifs is 1. The topological polar surface area (TPSA) is 38.0 Å². The second-order valence-corrected chi connectivity index (χ2v) is 6.41. The van der Waals surface area contributed by atoms with E-state index in [1.165, 1.54) is 11.3 Å². The van der Waals surface area contributed by atoms with Crippen molar-refractivity contribution < 1.29 is 5.11 Å². The molecule has 106 valence electrons. The number of hydrogen-bond donors (Lipinski definition) is 1. The highest BCUT2D eigenvalue weighted by atomic mass is 79.9. The minimum Gasteiger partial charge on any atom is -0.388 e. The summed E-state index contributed by atoms with van der Waals surface area (Å²) < 4.78 is 3.00. The van der Waals surface area contributed by atoms with Gasteiger partial charge in [0.15, 0.2) is 0 Å². The third-order valence-corrected chi connectivity index (χ3v) is 5.35. The van der Waals surface area contributed by atoms with Crippen LogP contribution >= 0.6 is 15.9 Å². The Balaban J connectivity index is 1.86. The fourth-order valence-electron chi connectivity index (χ4n) is 3.17. The van der Waals surface area contributed by atoms with Crippen LogP contribution in [0, 0.1) is 12.8 Å². The Morgan fingerprint density at radius 1 is 1.40 bits per heavy atom. The average Bonchev–Trinajstić information content (AvgIpc) is 2.68. The maximum absolute atomic E-state index is 10.6. The van der Waals surface area contributed by atoms with Gasteiger partial charge in [0, 0.05) is 7.05 Å². The van der Waals surface area contributed by atoms with Crippen molar-refractivity contribution in [3.8, 4) is 0 Å². The molecular weight excluding hydrogens is 316 g/mol. The van der Waals surface area contributed by atoms with Gasteiger partial charge in [-0.1, -0.05) is 24.3 Å². The summed E-state index contributed by atoms with van der Waals surface area (Å²) in [7, 11) is 1.97. The Labute approximate surface area is 127 Å². The fourth-order valence-corrected chi connectivity index (χ4v) is 3.66. The van der Waals surface area contributed by atoms with Crippen LogP contribution in [0.5, 0.6) is 0 Å². The number of hydrogen-bond acceptors (Lipinski definition) is 2. The molecule has 0 amide bonds. The van der Waals surface area contributed by atoms with Gasteiger partial charge in [-0.25, -0.2) is 0 Å². The summed E-state index contributed by atoms with van der Waals surface area (Å²) in [6, 6.07) is 8.23. The lowest BCUT2D eigenvalue weighted by molar-refractivity contribution is 0.0925. The van der Waals surface area contributed by atoms with Crippen molar-refractivity contribution in [1.29, 1.82) is 0 Å². The SMILES string of the molecule is Cc1nn(C)c(CC2CCc3ccccc3C2O)c1Br. The molecule has 0 saturated heterocycles. The maximum atomic E-state index is 10.6. The molecule has 1 N–H and O–H groups in total. The van der Waals surface area contributed by atoms with Crippen molar-refractivity contribution in [2.24, 2.45) is 13.0 Å². The van der Waals surface area contributed by atoms with Gasteiger partial charge < -0.3 is 5.11 Å². The summed E-state index contributed by atoms with van der Waals surface area (Å²) in [4.78, 5) is 0. The van der Waals surface area contributed by atoms with Gasteiger partial charge in [-0.2, -0.15) is 5.10 Å². The van der Waals surface area contributed by atoms with Gasteiger partial charge >= 0.3 is 0 Å². The van der Waals surface area contributed by atoms with Gasteiger partial charge in [-0.3, -0.25) is 4.68 Å². The van der Waals surface area contributed by atoms with Crippen LogP contribution < -0.4 is 0 Å². The van der Waals surface area contributed by atoms with Crippen molar-refractivity contribution >= 4 is 15.9 Å². The molecule has 0 bridgehead atoms. The Hall–Kier alpha value is -1.13. The summed E-state index contributed by atoms with van der Waals surface area (Å²) in [5, 5.41) is 15.1. The zero-order valence-corrected chi connectivity index (χ0v) is 13.4. The molecule has 1 aromatic heterocycles. The summed E-state index contributed by atoms with van der Waals surface area (Å²) in [6.07, 6.45) is 2.55. The first-order chi connectivity index (χ1) is 9.58. The van der Waals surface area contributed by atoms with E-state index in [1.807, 2.05) is 30.8 Å². The lowest BCUT2D eigenvalue weighted by Crippen LogP contribution is -2.23. The molecule has 3 rings (SSSR count). The molecule has 1 aromatic carbocycles. The molecule has 3 nitrogen and oxygen atoms in total. The van der Waals surface area contributed by atoms with E-state index in [-0.39, 0.29) is 12.0 Å². The number of benzene rings is 1. The molecule has 1 aliphatic carbocycles. The number of rotatable bonds is 2. The van der Waals surface area contributed by atoms with Gasteiger partial charge in [0.25, 0.3) is 0 Å². The number of aliphatic hydroxyl groups is 1. The molecule has 20 heavy (non-hydrogen) atoms. The lowest BCUT2D eigenvalue weighted by atomic mass is 9.79. The number of halogens is 1. The molecule has 1 aliphatic rings. The normalized spacial score (nSPS) is 21.8. The van der Waals surface area contributed by atoms with Crippen molar-refractivity contribution in [2.75, 3.05) is 0 Å². The Bertz CT molecular complexity index is 635. The first-order valence-electron chi connectivity index (χ1n) is 7.01. The second kappa shape index (κ2) is 5.34. The molecule has 2 unspecified atom stereocenters. The largest absolute Gasteiger partial charge is 0.388 e. The molecule has 4 heteroatoms. The Morgan fingerprint density at radius 3 is 2.85 bits per heavy atom.